The van der Waals surface area contributed by atoms with Crippen molar-refractivity contribution in [3.63, 3.8) is 0 Å². The summed E-state index contributed by atoms with van der Waals surface area (Å²) in [6.45, 7) is 2.04. The lowest BCUT2D eigenvalue weighted by Crippen LogP contribution is -2.30. The van der Waals surface area contributed by atoms with Crippen LogP contribution < -0.4 is 4.74 Å². The molecule has 0 fully saturated rings. The fourth-order valence-corrected chi connectivity index (χ4v) is 2.82. The lowest BCUT2D eigenvalue weighted by molar-refractivity contribution is 0.204. The molecule has 0 radical (unpaired) electrons. The van der Waals surface area contributed by atoms with E-state index >= 15 is 0 Å². The summed E-state index contributed by atoms with van der Waals surface area (Å²) in [6, 6.07) is 15.5. The molecule has 0 saturated carbocycles. The number of halogens is 1. The number of aliphatic hydroxyl groups excluding tert-OH is 1. The number of hydrogen-bond acceptors (Lipinski definition) is 2. The molecule has 20 heavy (non-hydrogen) atoms. The highest BCUT2D eigenvalue weighted by Crippen LogP contribution is 2.35. The molecule has 3 heteroatoms. The molecule has 2 aromatic carbocycles. The molecule has 0 aliphatic carbocycles. The highest BCUT2D eigenvalue weighted by atomic mass is 35.5. The first-order valence-electron chi connectivity index (χ1n) is 6.58. The Morgan fingerprint density at radius 2 is 1.75 bits per heavy atom. The third kappa shape index (κ3) is 2.97. The Morgan fingerprint density at radius 3 is 2.40 bits per heavy atom. The zero-order chi connectivity index (χ0) is 14.6. The summed E-state index contributed by atoms with van der Waals surface area (Å²) in [5.74, 6) is 0.833. The third-order valence-corrected chi connectivity index (χ3v) is 3.98. The second-order valence-corrected chi connectivity index (χ2v) is 5.59. The van der Waals surface area contributed by atoms with Crippen LogP contribution in [0.25, 0.3) is 0 Å². The van der Waals surface area contributed by atoms with Crippen molar-refractivity contribution < 1.29 is 9.84 Å². The number of methoxy groups -OCH3 is 1. The maximum Gasteiger partial charge on any atom is 0.122 e. The van der Waals surface area contributed by atoms with Crippen LogP contribution in [0.5, 0.6) is 5.75 Å². The van der Waals surface area contributed by atoms with Crippen molar-refractivity contribution in [2.75, 3.05) is 13.7 Å². The van der Waals surface area contributed by atoms with Gasteiger partial charge in [-0.3, -0.25) is 0 Å². The predicted molar refractivity (Wildman–Crippen MR) is 82.6 cm³/mol. The van der Waals surface area contributed by atoms with Gasteiger partial charge in [-0.15, -0.1) is 0 Å². The van der Waals surface area contributed by atoms with Gasteiger partial charge in [0.2, 0.25) is 0 Å². The number of para-hydroxylation sites is 1. The first-order chi connectivity index (χ1) is 9.60. The maximum absolute atomic E-state index is 9.89. The van der Waals surface area contributed by atoms with Gasteiger partial charge in [0, 0.05) is 10.4 Å². The van der Waals surface area contributed by atoms with Crippen molar-refractivity contribution in [1.82, 2.24) is 0 Å². The molecule has 2 aromatic rings. The van der Waals surface area contributed by atoms with Crippen molar-refractivity contribution in [1.29, 1.82) is 0 Å². The molecule has 0 amide bonds. The lowest BCUT2D eigenvalue weighted by atomic mass is 9.78. The van der Waals surface area contributed by atoms with Crippen LogP contribution in [0.15, 0.2) is 48.5 Å². The normalized spacial score (nSPS) is 13.8. The molecule has 0 spiro atoms. The van der Waals surface area contributed by atoms with Gasteiger partial charge in [-0.2, -0.15) is 0 Å². The van der Waals surface area contributed by atoms with E-state index in [2.05, 4.69) is 0 Å². The van der Waals surface area contributed by atoms with Crippen LogP contribution >= 0.6 is 11.6 Å². The summed E-state index contributed by atoms with van der Waals surface area (Å²) >= 11 is 6.28. The summed E-state index contributed by atoms with van der Waals surface area (Å²) in [4.78, 5) is 0. The van der Waals surface area contributed by atoms with E-state index in [1.165, 1.54) is 0 Å². The Morgan fingerprint density at radius 1 is 1.10 bits per heavy atom. The highest BCUT2D eigenvalue weighted by Gasteiger charge is 2.29. The molecule has 0 heterocycles. The Labute approximate surface area is 125 Å². The zero-order valence-corrected chi connectivity index (χ0v) is 12.5. The third-order valence-electron chi connectivity index (χ3n) is 3.65. The van der Waals surface area contributed by atoms with Gasteiger partial charge in [0.1, 0.15) is 5.75 Å². The van der Waals surface area contributed by atoms with Crippen molar-refractivity contribution in [3.8, 4) is 5.75 Å². The number of aliphatic hydroxyl groups is 1. The van der Waals surface area contributed by atoms with E-state index in [9.17, 15) is 5.11 Å². The van der Waals surface area contributed by atoms with Crippen LogP contribution in [0.3, 0.4) is 0 Å². The van der Waals surface area contributed by atoms with Crippen LogP contribution in [0.1, 0.15) is 18.1 Å². The summed E-state index contributed by atoms with van der Waals surface area (Å²) in [7, 11) is 1.66. The van der Waals surface area contributed by atoms with E-state index in [-0.39, 0.29) is 6.61 Å². The molecular formula is C17H19ClO2. The van der Waals surface area contributed by atoms with Crippen molar-refractivity contribution in [3.05, 3.63) is 64.7 Å². The molecule has 106 valence electrons. The molecule has 0 aliphatic heterocycles. The number of hydrogen-bond donors (Lipinski definition) is 1. The minimum atomic E-state index is -0.438. The topological polar surface area (TPSA) is 29.5 Å². The molecular weight excluding hydrogens is 272 g/mol. The molecule has 1 atom stereocenters. The summed E-state index contributed by atoms with van der Waals surface area (Å²) < 4.78 is 5.39. The van der Waals surface area contributed by atoms with Crippen molar-refractivity contribution in [2.24, 2.45) is 0 Å². The van der Waals surface area contributed by atoms with Gasteiger partial charge < -0.3 is 9.84 Å². The second-order valence-electron chi connectivity index (χ2n) is 5.19. The first kappa shape index (κ1) is 14.9. The van der Waals surface area contributed by atoms with Gasteiger partial charge in [0.25, 0.3) is 0 Å². The lowest BCUT2D eigenvalue weighted by Gasteiger charge is -2.29. The van der Waals surface area contributed by atoms with Gasteiger partial charge in [-0.25, -0.2) is 0 Å². The molecule has 0 bridgehead atoms. The maximum atomic E-state index is 9.89. The molecule has 0 aromatic heterocycles. The van der Waals surface area contributed by atoms with Crippen LogP contribution in [0.2, 0.25) is 5.02 Å². The minimum Gasteiger partial charge on any atom is -0.496 e. The Balaban J connectivity index is 2.40. The van der Waals surface area contributed by atoms with Gasteiger partial charge in [-0.05, 0) is 29.7 Å². The molecule has 1 N–H and O–H groups in total. The largest absolute Gasteiger partial charge is 0.496 e. The SMILES string of the molecule is COc1ccccc1CC(C)(CO)c1ccccc1Cl. The first-order valence-corrected chi connectivity index (χ1v) is 6.96. The average molecular weight is 291 g/mol. The Kier molecular flexibility index (Phi) is 4.69. The monoisotopic (exact) mass is 290 g/mol. The van der Waals surface area contributed by atoms with E-state index in [4.69, 9.17) is 16.3 Å². The van der Waals surface area contributed by atoms with Crippen LogP contribution in [-0.4, -0.2) is 18.8 Å². The summed E-state index contributed by atoms with van der Waals surface area (Å²) in [5, 5.41) is 10.6. The Hall–Kier alpha value is -1.51. The molecule has 0 aliphatic rings. The van der Waals surface area contributed by atoms with Gasteiger partial charge in [0.15, 0.2) is 0 Å². The second kappa shape index (κ2) is 6.29. The minimum absolute atomic E-state index is 0.0226. The van der Waals surface area contributed by atoms with Gasteiger partial charge in [-0.1, -0.05) is 54.9 Å². The quantitative estimate of drug-likeness (QED) is 0.906. The molecule has 0 saturated heterocycles. The van der Waals surface area contributed by atoms with E-state index in [0.29, 0.717) is 11.4 Å². The molecule has 1 unspecified atom stereocenters. The highest BCUT2D eigenvalue weighted by molar-refractivity contribution is 6.31. The van der Waals surface area contributed by atoms with Crippen LogP contribution in [0.4, 0.5) is 0 Å². The average Bonchev–Trinajstić information content (AvgIpc) is 2.48. The molecule has 2 nitrogen and oxygen atoms in total. The van der Waals surface area contributed by atoms with Crippen molar-refractivity contribution in [2.45, 2.75) is 18.8 Å². The zero-order valence-electron chi connectivity index (χ0n) is 11.8. The van der Waals surface area contributed by atoms with E-state index < -0.39 is 5.41 Å². The smallest absolute Gasteiger partial charge is 0.122 e. The number of ether oxygens (including phenoxy) is 1. The fourth-order valence-electron chi connectivity index (χ4n) is 2.46. The van der Waals surface area contributed by atoms with Crippen molar-refractivity contribution >= 4 is 11.6 Å². The number of benzene rings is 2. The predicted octanol–water partition coefficient (Wildman–Crippen LogP) is 3.84. The van der Waals surface area contributed by atoms with E-state index in [1.54, 1.807) is 7.11 Å². The summed E-state index contributed by atoms with van der Waals surface area (Å²) in [6.07, 6.45) is 0.664. The summed E-state index contributed by atoms with van der Waals surface area (Å²) in [5.41, 5.74) is 1.58. The van der Waals surface area contributed by atoms with Crippen LogP contribution in [-0.2, 0) is 11.8 Å². The van der Waals surface area contributed by atoms with Gasteiger partial charge >= 0.3 is 0 Å². The standard InChI is InChI=1S/C17H19ClO2/c1-17(12-19,14-8-4-5-9-15(14)18)11-13-7-3-6-10-16(13)20-2/h3-10,19H,11-12H2,1-2H3. The van der Waals surface area contributed by atoms with E-state index in [1.807, 2.05) is 55.5 Å². The Bertz CT molecular complexity index is 583. The van der Waals surface area contributed by atoms with Crippen LogP contribution in [0, 0.1) is 0 Å². The van der Waals surface area contributed by atoms with E-state index in [0.717, 1.165) is 16.9 Å². The number of rotatable bonds is 5. The van der Waals surface area contributed by atoms with Gasteiger partial charge in [0.05, 0.1) is 13.7 Å². The molecule has 2 rings (SSSR count). The fraction of sp³-hybridized carbons (Fsp3) is 0.294.